The monoisotopic (exact) mass is 409 g/mol. The van der Waals surface area contributed by atoms with E-state index in [1.807, 2.05) is 6.92 Å². The lowest BCUT2D eigenvalue weighted by Crippen LogP contribution is -2.29. The predicted molar refractivity (Wildman–Crippen MR) is 80.3 cm³/mol. The van der Waals surface area contributed by atoms with Crippen LogP contribution in [-0.2, 0) is 9.53 Å². The molecule has 1 saturated heterocycles. The van der Waals surface area contributed by atoms with Gasteiger partial charge < -0.3 is 9.64 Å². The molecule has 2 rings (SSSR count). The first-order valence-corrected chi connectivity index (χ1v) is 8.16. The average Bonchev–Trinajstić information content (AvgIpc) is 2.92. The summed E-state index contributed by atoms with van der Waals surface area (Å²) in [6.45, 7) is 2.99. The molecule has 104 valence electrons. The van der Waals surface area contributed by atoms with E-state index < -0.39 is 0 Å². The van der Waals surface area contributed by atoms with Crippen LogP contribution in [0.15, 0.2) is 14.3 Å². The van der Waals surface area contributed by atoms with E-state index in [0.29, 0.717) is 18.0 Å². The highest BCUT2D eigenvalue weighted by atomic mass is 79.9. The molecule has 0 spiro atoms. The molecule has 0 bridgehead atoms. The number of hydrogen-bond acceptors (Lipinski definition) is 4. The Morgan fingerprint density at radius 1 is 1.42 bits per heavy atom. The van der Waals surface area contributed by atoms with Crippen LogP contribution >= 0.6 is 43.2 Å². The van der Waals surface area contributed by atoms with Gasteiger partial charge in [-0.2, -0.15) is 0 Å². The molecule has 19 heavy (non-hydrogen) atoms. The summed E-state index contributed by atoms with van der Waals surface area (Å²) in [6.07, 6.45) is 0. The zero-order valence-electron chi connectivity index (χ0n) is 10.5. The lowest BCUT2D eigenvalue weighted by atomic mass is 9.99. The van der Waals surface area contributed by atoms with Crippen molar-refractivity contribution in [3.05, 3.63) is 19.2 Å². The first-order chi connectivity index (χ1) is 8.93. The Hall–Kier alpha value is -0.400. The normalized spacial score (nSPS) is 22.6. The van der Waals surface area contributed by atoms with Gasteiger partial charge in [-0.3, -0.25) is 9.59 Å². The quantitative estimate of drug-likeness (QED) is 0.703. The van der Waals surface area contributed by atoms with Gasteiger partial charge in [-0.25, -0.2) is 0 Å². The molecule has 2 unspecified atom stereocenters. The molecule has 4 nitrogen and oxygen atoms in total. The Labute approximate surface area is 132 Å². The molecule has 1 aromatic heterocycles. The molecule has 0 N–H and O–H groups in total. The molecule has 2 heterocycles. The highest BCUT2D eigenvalue weighted by molar-refractivity contribution is 9.13. The van der Waals surface area contributed by atoms with Crippen molar-refractivity contribution in [2.45, 2.75) is 6.92 Å². The number of methoxy groups -OCH3 is 1. The summed E-state index contributed by atoms with van der Waals surface area (Å²) >= 11 is 8.14. The lowest BCUT2D eigenvalue weighted by molar-refractivity contribution is -0.145. The molecule has 0 aromatic carbocycles. The average molecular weight is 411 g/mol. The summed E-state index contributed by atoms with van der Waals surface area (Å²) in [5, 5.41) is 0. The van der Waals surface area contributed by atoms with Gasteiger partial charge in [0.25, 0.3) is 5.91 Å². The van der Waals surface area contributed by atoms with Crippen LogP contribution < -0.4 is 0 Å². The Bertz CT molecular complexity index is 498. The smallest absolute Gasteiger partial charge is 0.310 e. The lowest BCUT2D eigenvalue weighted by Gasteiger charge is -2.14. The van der Waals surface area contributed by atoms with Crippen LogP contribution in [0, 0.1) is 11.8 Å². The second-order valence-electron chi connectivity index (χ2n) is 4.55. The first-order valence-electron chi connectivity index (χ1n) is 5.76. The molecular formula is C12H13Br2NO3S. The first kappa shape index (κ1) is 15.0. The van der Waals surface area contributed by atoms with Crippen LogP contribution in [0.4, 0.5) is 0 Å². The summed E-state index contributed by atoms with van der Waals surface area (Å²) in [7, 11) is 1.38. The number of halogens is 2. The third kappa shape index (κ3) is 3.03. The third-order valence-electron chi connectivity index (χ3n) is 3.26. The van der Waals surface area contributed by atoms with Crippen molar-refractivity contribution >= 4 is 55.1 Å². The minimum atomic E-state index is -0.239. The summed E-state index contributed by atoms with van der Waals surface area (Å²) < 4.78 is 6.54. The number of nitrogens with zero attached hydrogens (tertiary/aromatic N) is 1. The number of rotatable bonds is 2. The van der Waals surface area contributed by atoms with E-state index >= 15 is 0 Å². The van der Waals surface area contributed by atoms with E-state index in [1.54, 1.807) is 11.0 Å². The fraction of sp³-hybridized carbons (Fsp3) is 0.500. The number of esters is 1. The van der Waals surface area contributed by atoms with Gasteiger partial charge in [0.15, 0.2) is 0 Å². The molecule has 1 fully saturated rings. The molecule has 2 atom stereocenters. The maximum Gasteiger partial charge on any atom is 0.310 e. The van der Waals surface area contributed by atoms with Crippen LogP contribution in [0.2, 0.25) is 0 Å². The fourth-order valence-electron chi connectivity index (χ4n) is 2.20. The SMILES string of the molecule is COC(=O)C1CN(C(=O)c2cc(Br)c(Br)s2)CC1C. The largest absolute Gasteiger partial charge is 0.469 e. The van der Waals surface area contributed by atoms with E-state index in [4.69, 9.17) is 4.74 Å². The van der Waals surface area contributed by atoms with Gasteiger partial charge in [0.2, 0.25) is 0 Å². The van der Waals surface area contributed by atoms with E-state index in [9.17, 15) is 9.59 Å². The molecule has 1 amide bonds. The Kier molecular flexibility index (Phi) is 4.68. The van der Waals surface area contributed by atoms with Gasteiger partial charge in [-0.15, -0.1) is 11.3 Å². The molecule has 1 aliphatic heterocycles. The van der Waals surface area contributed by atoms with Gasteiger partial charge in [0.1, 0.15) is 0 Å². The number of likely N-dealkylation sites (tertiary alicyclic amines) is 1. The fourth-order valence-corrected chi connectivity index (χ4v) is 4.20. The topological polar surface area (TPSA) is 46.6 Å². The Morgan fingerprint density at radius 2 is 2.11 bits per heavy atom. The van der Waals surface area contributed by atoms with E-state index in [1.165, 1.54) is 18.4 Å². The van der Waals surface area contributed by atoms with Gasteiger partial charge in [-0.1, -0.05) is 6.92 Å². The summed E-state index contributed by atoms with van der Waals surface area (Å²) in [5.74, 6) is -0.366. The van der Waals surface area contributed by atoms with Crippen LogP contribution in [0.3, 0.4) is 0 Å². The van der Waals surface area contributed by atoms with Crippen molar-refractivity contribution in [1.82, 2.24) is 4.90 Å². The number of amides is 1. The summed E-state index contributed by atoms with van der Waals surface area (Å²) in [6, 6.07) is 1.80. The van der Waals surface area contributed by atoms with Gasteiger partial charge in [0, 0.05) is 17.6 Å². The minimum Gasteiger partial charge on any atom is -0.469 e. The standard InChI is InChI=1S/C12H13Br2NO3S/c1-6-4-15(5-7(6)12(17)18-2)11(16)9-3-8(13)10(14)19-9/h3,6-7H,4-5H2,1-2H3. The highest BCUT2D eigenvalue weighted by Crippen LogP contribution is 2.34. The van der Waals surface area contributed by atoms with Crippen molar-refractivity contribution in [2.75, 3.05) is 20.2 Å². The highest BCUT2D eigenvalue weighted by Gasteiger charge is 2.38. The maximum atomic E-state index is 12.4. The second-order valence-corrected chi connectivity index (χ2v) is 7.77. The van der Waals surface area contributed by atoms with Crippen LogP contribution in [0.25, 0.3) is 0 Å². The van der Waals surface area contributed by atoms with Crippen LogP contribution in [0.5, 0.6) is 0 Å². The second kappa shape index (κ2) is 5.93. The third-order valence-corrected chi connectivity index (χ3v) is 6.50. The summed E-state index contributed by atoms with van der Waals surface area (Å²) in [5.41, 5.74) is 0. The van der Waals surface area contributed by atoms with Gasteiger partial charge in [0.05, 0.1) is 21.7 Å². The number of carbonyl (C=O) groups excluding carboxylic acids is 2. The van der Waals surface area contributed by atoms with Gasteiger partial charge >= 0.3 is 5.97 Å². The Morgan fingerprint density at radius 3 is 2.63 bits per heavy atom. The number of hydrogen-bond donors (Lipinski definition) is 0. The van der Waals surface area contributed by atoms with Crippen LogP contribution in [-0.4, -0.2) is 37.0 Å². The molecule has 1 aromatic rings. The van der Waals surface area contributed by atoms with Crippen molar-refractivity contribution in [3.63, 3.8) is 0 Å². The molecular weight excluding hydrogens is 398 g/mol. The number of thiophene rings is 1. The minimum absolute atomic E-state index is 0.0327. The van der Waals surface area contributed by atoms with Crippen molar-refractivity contribution < 1.29 is 14.3 Å². The van der Waals surface area contributed by atoms with E-state index in [0.717, 1.165) is 8.26 Å². The predicted octanol–water partition coefficient (Wildman–Crippen LogP) is 3.15. The molecule has 0 saturated carbocycles. The van der Waals surface area contributed by atoms with Crippen molar-refractivity contribution in [2.24, 2.45) is 11.8 Å². The molecule has 1 aliphatic rings. The maximum absolute atomic E-state index is 12.4. The number of carbonyl (C=O) groups is 2. The molecule has 0 radical (unpaired) electrons. The Balaban J connectivity index is 2.12. The molecule has 7 heteroatoms. The van der Waals surface area contributed by atoms with Gasteiger partial charge in [-0.05, 0) is 43.8 Å². The summed E-state index contributed by atoms with van der Waals surface area (Å²) in [4.78, 5) is 26.4. The zero-order chi connectivity index (χ0) is 14.2. The molecule has 0 aliphatic carbocycles. The van der Waals surface area contributed by atoms with E-state index in [-0.39, 0.29) is 23.7 Å². The zero-order valence-corrected chi connectivity index (χ0v) is 14.5. The number of ether oxygens (including phenoxy) is 1. The van der Waals surface area contributed by atoms with Crippen molar-refractivity contribution in [1.29, 1.82) is 0 Å². The van der Waals surface area contributed by atoms with Crippen LogP contribution in [0.1, 0.15) is 16.6 Å². The van der Waals surface area contributed by atoms with Crippen molar-refractivity contribution in [3.8, 4) is 0 Å². The van der Waals surface area contributed by atoms with E-state index in [2.05, 4.69) is 31.9 Å².